The maximum atomic E-state index is 10.3. The molecule has 1 aliphatic rings. The van der Waals surface area contributed by atoms with Crippen molar-refractivity contribution in [2.45, 2.75) is 6.04 Å². The Labute approximate surface area is 83.4 Å². The van der Waals surface area contributed by atoms with Gasteiger partial charge in [0.25, 0.3) is 0 Å². The van der Waals surface area contributed by atoms with Crippen LogP contribution in [0.5, 0.6) is 0 Å². The van der Waals surface area contributed by atoms with E-state index in [1.165, 1.54) is 0 Å². The second-order valence-corrected chi connectivity index (χ2v) is 3.29. The molecule has 6 nitrogen and oxygen atoms in total. The predicted molar refractivity (Wildman–Crippen MR) is 53.6 cm³/mol. The first kappa shape index (κ1) is 11.2. The Morgan fingerprint density at radius 1 is 1.29 bits per heavy atom. The van der Waals surface area contributed by atoms with E-state index in [2.05, 4.69) is 21.3 Å². The highest BCUT2D eigenvalue weighted by Gasteiger charge is 2.09. The Balaban J connectivity index is 2.21. The van der Waals surface area contributed by atoms with Crippen LogP contribution in [0.1, 0.15) is 0 Å². The summed E-state index contributed by atoms with van der Waals surface area (Å²) in [7, 11) is 0. The molecule has 5 N–H and O–H groups in total. The lowest BCUT2D eigenvalue weighted by atomic mass is 10.3. The fourth-order valence-electron chi connectivity index (χ4n) is 1.37. The standard InChI is InChI=1S/C8H18N4O2/c13-8(14)12-6-7-5-10-2-1-9-3-4-11-7/h7,9-12H,1-6H2,(H,13,14). The molecule has 0 aromatic carbocycles. The van der Waals surface area contributed by atoms with Crippen molar-refractivity contribution in [2.24, 2.45) is 0 Å². The Hall–Kier alpha value is -0.850. The molecule has 0 radical (unpaired) electrons. The molecule has 0 aromatic heterocycles. The second-order valence-electron chi connectivity index (χ2n) is 3.29. The predicted octanol–water partition coefficient (Wildman–Crippen LogP) is -1.59. The fourth-order valence-corrected chi connectivity index (χ4v) is 1.37. The van der Waals surface area contributed by atoms with E-state index in [4.69, 9.17) is 5.11 Å². The van der Waals surface area contributed by atoms with Crippen molar-refractivity contribution in [3.05, 3.63) is 0 Å². The van der Waals surface area contributed by atoms with Gasteiger partial charge in [-0.2, -0.15) is 0 Å². The second kappa shape index (κ2) is 6.58. The molecule has 82 valence electrons. The fraction of sp³-hybridized carbons (Fsp3) is 0.875. The van der Waals surface area contributed by atoms with E-state index in [-0.39, 0.29) is 6.04 Å². The molecule has 0 bridgehead atoms. The molecule has 0 saturated carbocycles. The van der Waals surface area contributed by atoms with Crippen LogP contribution >= 0.6 is 0 Å². The van der Waals surface area contributed by atoms with E-state index in [1.807, 2.05) is 0 Å². The zero-order valence-electron chi connectivity index (χ0n) is 8.18. The molecule has 0 spiro atoms. The van der Waals surface area contributed by atoms with Crippen molar-refractivity contribution in [1.29, 1.82) is 0 Å². The molecule has 1 saturated heterocycles. The number of hydrogen-bond acceptors (Lipinski definition) is 4. The summed E-state index contributed by atoms with van der Waals surface area (Å²) in [5, 5.41) is 20.6. The SMILES string of the molecule is O=C(O)NCC1CNCCNCCN1. The van der Waals surface area contributed by atoms with Crippen molar-refractivity contribution in [3.63, 3.8) is 0 Å². The van der Waals surface area contributed by atoms with Gasteiger partial charge < -0.3 is 26.4 Å². The van der Waals surface area contributed by atoms with E-state index in [0.717, 1.165) is 32.7 Å². The van der Waals surface area contributed by atoms with Gasteiger partial charge in [-0.15, -0.1) is 0 Å². The van der Waals surface area contributed by atoms with Gasteiger partial charge in [0.1, 0.15) is 0 Å². The molecule has 1 amide bonds. The minimum atomic E-state index is -0.968. The Morgan fingerprint density at radius 2 is 2.00 bits per heavy atom. The van der Waals surface area contributed by atoms with Crippen LogP contribution < -0.4 is 21.3 Å². The monoisotopic (exact) mass is 202 g/mol. The zero-order chi connectivity index (χ0) is 10.2. The molecule has 1 fully saturated rings. The van der Waals surface area contributed by atoms with Gasteiger partial charge in [-0.25, -0.2) is 4.79 Å². The van der Waals surface area contributed by atoms with Crippen molar-refractivity contribution < 1.29 is 9.90 Å². The van der Waals surface area contributed by atoms with Crippen LogP contribution in [0.3, 0.4) is 0 Å². The lowest BCUT2D eigenvalue weighted by molar-refractivity contribution is 0.193. The quantitative estimate of drug-likeness (QED) is 0.372. The minimum Gasteiger partial charge on any atom is -0.465 e. The largest absolute Gasteiger partial charge is 0.465 e. The number of rotatable bonds is 2. The van der Waals surface area contributed by atoms with Crippen LogP contribution in [0.25, 0.3) is 0 Å². The summed E-state index contributed by atoms with van der Waals surface area (Å²) >= 11 is 0. The van der Waals surface area contributed by atoms with Gasteiger partial charge in [-0.3, -0.25) is 0 Å². The molecule has 0 aromatic rings. The van der Waals surface area contributed by atoms with Gasteiger partial charge in [0.05, 0.1) is 0 Å². The van der Waals surface area contributed by atoms with E-state index < -0.39 is 6.09 Å². The molecule has 1 heterocycles. The molecule has 0 aliphatic carbocycles. The molecule has 1 aliphatic heterocycles. The Bertz CT molecular complexity index is 167. The molecular weight excluding hydrogens is 184 g/mol. The average molecular weight is 202 g/mol. The highest BCUT2D eigenvalue weighted by Crippen LogP contribution is 1.81. The summed E-state index contributed by atoms with van der Waals surface area (Å²) in [5.74, 6) is 0. The average Bonchev–Trinajstić information content (AvgIpc) is 2.27. The highest BCUT2D eigenvalue weighted by molar-refractivity contribution is 5.64. The summed E-state index contributed by atoms with van der Waals surface area (Å²) in [6.45, 7) is 4.91. The van der Waals surface area contributed by atoms with Gasteiger partial charge in [0, 0.05) is 45.3 Å². The van der Waals surface area contributed by atoms with Crippen LogP contribution in [0.15, 0.2) is 0 Å². The lowest BCUT2D eigenvalue weighted by Crippen LogP contribution is -2.47. The van der Waals surface area contributed by atoms with E-state index in [1.54, 1.807) is 0 Å². The third kappa shape index (κ3) is 5.00. The number of amides is 1. The summed E-state index contributed by atoms with van der Waals surface area (Å²) in [6.07, 6.45) is -0.968. The van der Waals surface area contributed by atoms with Crippen LogP contribution in [0.4, 0.5) is 4.79 Å². The van der Waals surface area contributed by atoms with Crippen molar-refractivity contribution >= 4 is 6.09 Å². The molecular formula is C8H18N4O2. The summed E-state index contributed by atoms with van der Waals surface area (Å²) in [4.78, 5) is 10.3. The number of carboxylic acid groups (broad SMARTS) is 1. The minimum absolute atomic E-state index is 0.172. The first-order valence-corrected chi connectivity index (χ1v) is 4.90. The van der Waals surface area contributed by atoms with Crippen LogP contribution in [0.2, 0.25) is 0 Å². The topological polar surface area (TPSA) is 85.4 Å². The smallest absolute Gasteiger partial charge is 0.404 e. The van der Waals surface area contributed by atoms with Gasteiger partial charge in [-0.1, -0.05) is 0 Å². The maximum absolute atomic E-state index is 10.3. The normalized spacial score (nSPS) is 24.4. The molecule has 1 atom stereocenters. The van der Waals surface area contributed by atoms with E-state index in [9.17, 15) is 4.79 Å². The molecule has 1 unspecified atom stereocenters. The summed E-state index contributed by atoms with van der Waals surface area (Å²) < 4.78 is 0. The lowest BCUT2D eigenvalue weighted by Gasteiger charge is -2.17. The number of carbonyl (C=O) groups is 1. The van der Waals surface area contributed by atoms with Crippen LogP contribution in [-0.4, -0.2) is 56.5 Å². The van der Waals surface area contributed by atoms with Gasteiger partial charge in [0.15, 0.2) is 0 Å². The van der Waals surface area contributed by atoms with Crippen LogP contribution in [0, 0.1) is 0 Å². The first-order valence-electron chi connectivity index (χ1n) is 4.90. The van der Waals surface area contributed by atoms with Crippen molar-refractivity contribution in [1.82, 2.24) is 21.3 Å². The highest BCUT2D eigenvalue weighted by atomic mass is 16.4. The third-order valence-corrected chi connectivity index (χ3v) is 2.10. The summed E-state index contributed by atoms with van der Waals surface area (Å²) in [6, 6.07) is 0.172. The number of nitrogens with one attached hydrogen (secondary N) is 4. The zero-order valence-corrected chi connectivity index (χ0v) is 8.18. The first-order chi connectivity index (χ1) is 6.79. The van der Waals surface area contributed by atoms with Gasteiger partial charge in [-0.05, 0) is 0 Å². The van der Waals surface area contributed by atoms with E-state index in [0.29, 0.717) is 6.54 Å². The molecule has 6 heteroatoms. The Morgan fingerprint density at radius 3 is 2.79 bits per heavy atom. The van der Waals surface area contributed by atoms with Crippen molar-refractivity contribution in [3.8, 4) is 0 Å². The van der Waals surface area contributed by atoms with E-state index >= 15 is 0 Å². The summed E-state index contributed by atoms with van der Waals surface area (Å²) in [5.41, 5.74) is 0. The third-order valence-electron chi connectivity index (χ3n) is 2.10. The molecule has 14 heavy (non-hydrogen) atoms. The Kier molecular flexibility index (Phi) is 5.28. The number of hydrogen-bond donors (Lipinski definition) is 5. The van der Waals surface area contributed by atoms with Gasteiger partial charge in [0.2, 0.25) is 0 Å². The van der Waals surface area contributed by atoms with Crippen LogP contribution in [-0.2, 0) is 0 Å². The maximum Gasteiger partial charge on any atom is 0.404 e. The molecule has 1 rings (SSSR count). The van der Waals surface area contributed by atoms with Crippen molar-refractivity contribution in [2.75, 3.05) is 39.3 Å². The van der Waals surface area contributed by atoms with Gasteiger partial charge >= 0.3 is 6.09 Å².